The number of rotatable bonds is 6. The first kappa shape index (κ1) is 13.4. The van der Waals surface area contributed by atoms with Crippen LogP contribution in [0.3, 0.4) is 0 Å². The van der Waals surface area contributed by atoms with E-state index in [1.807, 2.05) is 24.3 Å². The topological polar surface area (TPSA) is 49.3 Å². The summed E-state index contributed by atoms with van der Waals surface area (Å²) in [6.07, 6.45) is 2.04. The molecule has 18 heavy (non-hydrogen) atoms. The van der Waals surface area contributed by atoms with Gasteiger partial charge >= 0.3 is 0 Å². The second-order valence-corrected chi connectivity index (χ2v) is 5.83. The maximum Gasteiger partial charge on any atom is 0.230 e. The highest BCUT2D eigenvalue weighted by atomic mass is 32.2. The molecule has 0 spiro atoms. The van der Waals surface area contributed by atoms with Gasteiger partial charge in [0.15, 0.2) is 0 Å². The standard InChI is InChI=1S/C14H19NO2S/c1-10(16)12-3-2-4-13(7-12)18-9-14(17)15-8-11-5-6-11/h2-4,7,10-11,16H,5-6,8-9H2,1H3,(H,15,17). The Bertz CT molecular complexity index is 416. The largest absolute Gasteiger partial charge is 0.389 e. The second kappa shape index (κ2) is 6.25. The zero-order valence-corrected chi connectivity index (χ0v) is 11.4. The van der Waals surface area contributed by atoms with Gasteiger partial charge in [-0.3, -0.25) is 4.79 Å². The molecule has 1 fully saturated rings. The van der Waals surface area contributed by atoms with Gasteiger partial charge in [-0.1, -0.05) is 12.1 Å². The van der Waals surface area contributed by atoms with Gasteiger partial charge in [0.25, 0.3) is 0 Å². The number of carbonyl (C=O) groups is 1. The number of benzene rings is 1. The molecule has 98 valence electrons. The molecule has 0 aliphatic heterocycles. The summed E-state index contributed by atoms with van der Waals surface area (Å²) in [6.45, 7) is 2.57. The van der Waals surface area contributed by atoms with E-state index in [0.29, 0.717) is 5.75 Å². The van der Waals surface area contributed by atoms with Gasteiger partial charge < -0.3 is 10.4 Å². The van der Waals surface area contributed by atoms with Crippen molar-refractivity contribution in [2.24, 2.45) is 5.92 Å². The third-order valence-corrected chi connectivity index (χ3v) is 3.99. The molecule has 2 rings (SSSR count). The van der Waals surface area contributed by atoms with E-state index >= 15 is 0 Å². The molecule has 1 atom stereocenters. The number of carbonyl (C=O) groups excluding carboxylic acids is 1. The predicted octanol–water partition coefficient (Wildman–Crippen LogP) is 2.36. The van der Waals surface area contributed by atoms with Crippen molar-refractivity contribution in [2.75, 3.05) is 12.3 Å². The zero-order valence-electron chi connectivity index (χ0n) is 10.6. The Hall–Kier alpha value is -1.00. The van der Waals surface area contributed by atoms with E-state index in [2.05, 4.69) is 5.32 Å². The SMILES string of the molecule is CC(O)c1cccc(SCC(=O)NCC2CC2)c1. The highest BCUT2D eigenvalue weighted by Crippen LogP contribution is 2.27. The second-order valence-electron chi connectivity index (χ2n) is 4.78. The summed E-state index contributed by atoms with van der Waals surface area (Å²) in [6, 6.07) is 7.70. The first-order chi connectivity index (χ1) is 8.65. The first-order valence-corrected chi connectivity index (χ1v) is 7.31. The Kier molecular flexibility index (Phi) is 4.66. The lowest BCUT2D eigenvalue weighted by Crippen LogP contribution is -2.27. The lowest BCUT2D eigenvalue weighted by Gasteiger charge is -2.07. The van der Waals surface area contributed by atoms with Crippen molar-refractivity contribution < 1.29 is 9.90 Å². The van der Waals surface area contributed by atoms with Crippen LogP contribution >= 0.6 is 11.8 Å². The van der Waals surface area contributed by atoms with E-state index in [1.165, 1.54) is 24.6 Å². The fraction of sp³-hybridized carbons (Fsp3) is 0.500. The molecular formula is C14H19NO2S. The van der Waals surface area contributed by atoms with Crippen LogP contribution < -0.4 is 5.32 Å². The Morgan fingerprint density at radius 1 is 1.56 bits per heavy atom. The molecule has 0 saturated heterocycles. The number of amides is 1. The van der Waals surface area contributed by atoms with Crippen LogP contribution in [-0.2, 0) is 4.79 Å². The van der Waals surface area contributed by atoms with Crippen molar-refractivity contribution in [3.8, 4) is 0 Å². The quantitative estimate of drug-likeness (QED) is 0.776. The van der Waals surface area contributed by atoms with E-state index in [0.717, 1.165) is 22.9 Å². The van der Waals surface area contributed by atoms with Crippen LogP contribution in [0.4, 0.5) is 0 Å². The van der Waals surface area contributed by atoms with Gasteiger partial charge in [-0.05, 0) is 43.4 Å². The maximum absolute atomic E-state index is 11.6. The van der Waals surface area contributed by atoms with Crippen LogP contribution in [0.15, 0.2) is 29.2 Å². The van der Waals surface area contributed by atoms with Crippen molar-refractivity contribution in [1.29, 1.82) is 0 Å². The molecule has 1 amide bonds. The van der Waals surface area contributed by atoms with Gasteiger partial charge in [-0.15, -0.1) is 11.8 Å². The van der Waals surface area contributed by atoms with Crippen LogP contribution in [0.5, 0.6) is 0 Å². The van der Waals surface area contributed by atoms with E-state index in [-0.39, 0.29) is 5.91 Å². The molecule has 1 aromatic carbocycles. The molecule has 0 aromatic heterocycles. The molecule has 1 unspecified atom stereocenters. The Morgan fingerprint density at radius 3 is 3.00 bits per heavy atom. The zero-order chi connectivity index (χ0) is 13.0. The van der Waals surface area contributed by atoms with E-state index < -0.39 is 6.10 Å². The molecule has 0 heterocycles. The molecular weight excluding hydrogens is 246 g/mol. The smallest absolute Gasteiger partial charge is 0.230 e. The van der Waals surface area contributed by atoms with Gasteiger partial charge in [-0.2, -0.15) is 0 Å². The van der Waals surface area contributed by atoms with Crippen molar-refractivity contribution in [1.82, 2.24) is 5.32 Å². The molecule has 1 aromatic rings. The van der Waals surface area contributed by atoms with E-state index in [1.54, 1.807) is 6.92 Å². The highest BCUT2D eigenvalue weighted by molar-refractivity contribution is 8.00. The average molecular weight is 265 g/mol. The van der Waals surface area contributed by atoms with Crippen LogP contribution in [0.2, 0.25) is 0 Å². The summed E-state index contributed by atoms with van der Waals surface area (Å²) in [5.74, 6) is 1.25. The molecule has 1 saturated carbocycles. The van der Waals surface area contributed by atoms with E-state index in [9.17, 15) is 9.90 Å². The highest BCUT2D eigenvalue weighted by Gasteiger charge is 2.21. The summed E-state index contributed by atoms with van der Waals surface area (Å²) in [5, 5.41) is 12.4. The van der Waals surface area contributed by atoms with Gasteiger partial charge in [0.05, 0.1) is 11.9 Å². The monoisotopic (exact) mass is 265 g/mol. The Balaban J connectivity index is 1.77. The van der Waals surface area contributed by atoms with Crippen LogP contribution in [0.25, 0.3) is 0 Å². The Morgan fingerprint density at radius 2 is 2.33 bits per heavy atom. The van der Waals surface area contributed by atoms with Crippen molar-refractivity contribution in [3.05, 3.63) is 29.8 Å². The van der Waals surface area contributed by atoms with Gasteiger partial charge in [-0.25, -0.2) is 0 Å². The minimum Gasteiger partial charge on any atom is -0.389 e. The number of nitrogens with one attached hydrogen (secondary N) is 1. The molecule has 1 aliphatic rings. The summed E-state index contributed by atoms with van der Waals surface area (Å²) < 4.78 is 0. The summed E-state index contributed by atoms with van der Waals surface area (Å²) in [7, 11) is 0. The van der Waals surface area contributed by atoms with Gasteiger partial charge in [0.2, 0.25) is 5.91 Å². The maximum atomic E-state index is 11.6. The summed E-state index contributed by atoms with van der Waals surface area (Å²) in [4.78, 5) is 12.6. The number of thioether (sulfide) groups is 1. The third-order valence-electron chi connectivity index (χ3n) is 3.00. The Labute approximate surface area is 112 Å². The van der Waals surface area contributed by atoms with Crippen LogP contribution in [-0.4, -0.2) is 23.3 Å². The fourth-order valence-electron chi connectivity index (χ4n) is 1.64. The molecule has 4 heteroatoms. The van der Waals surface area contributed by atoms with Crippen molar-refractivity contribution >= 4 is 17.7 Å². The number of aliphatic hydroxyl groups is 1. The normalized spacial score (nSPS) is 16.3. The van der Waals surface area contributed by atoms with Crippen LogP contribution in [0, 0.1) is 5.92 Å². The summed E-state index contributed by atoms with van der Waals surface area (Å²) in [5.41, 5.74) is 0.887. The van der Waals surface area contributed by atoms with Crippen molar-refractivity contribution in [3.63, 3.8) is 0 Å². The molecule has 0 bridgehead atoms. The minimum absolute atomic E-state index is 0.0920. The number of hydrogen-bond donors (Lipinski definition) is 2. The lowest BCUT2D eigenvalue weighted by molar-refractivity contribution is -0.118. The average Bonchev–Trinajstić information content (AvgIpc) is 3.18. The third kappa shape index (κ3) is 4.35. The minimum atomic E-state index is -0.464. The molecule has 0 radical (unpaired) electrons. The van der Waals surface area contributed by atoms with E-state index in [4.69, 9.17) is 0 Å². The lowest BCUT2D eigenvalue weighted by atomic mass is 10.1. The van der Waals surface area contributed by atoms with Crippen LogP contribution in [0.1, 0.15) is 31.4 Å². The number of aliphatic hydroxyl groups excluding tert-OH is 1. The number of hydrogen-bond acceptors (Lipinski definition) is 3. The predicted molar refractivity (Wildman–Crippen MR) is 73.5 cm³/mol. The van der Waals surface area contributed by atoms with Gasteiger partial charge in [0, 0.05) is 11.4 Å². The summed E-state index contributed by atoms with van der Waals surface area (Å²) >= 11 is 1.51. The van der Waals surface area contributed by atoms with Crippen molar-refractivity contribution in [2.45, 2.75) is 30.8 Å². The first-order valence-electron chi connectivity index (χ1n) is 6.32. The molecule has 2 N–H and O–H groups in total. The fourth-order valence-corrected chi connectivity index (χ4v) is 2.44. The molecule has 1 aliphatic carbocycles. The van der Waals surface area contributed by atoms with Gasteiger partial charge in [0.1, 0.15) is 0 Å². The molecule has 3 nitrogen and oxygen atoms in total.